The highest BCUT2D eigenvalue weighted by Crippen LogP contribution is 2.16. The SMILES string of the molecule is O=C(NC[C@H](NS(=O)(=O)c1ccccc1)C(=O)O)c1ccc2c(cnn2CCCNc2ccccn2)c1. The molecule has 2 aromatic heterocycles. The second-order valence-electron chi connectivity index (χ2n) is 8.17. The van der Waals surface area contributed by atoms with Crippen molar-refractivity contribution in [2.75, 3.05) is 18.4 Å². The number of aliphatic carboxylic acids is 1. The van der Waals surface area contributed by atoms with Crippen LogP contribution in [0.5, 0.6) is 0 Å². The molecule has 0 radical (unpaired) electrons. The average Bonchev–Trinajstić information content (AvgIpc) is 3.32. The predicted molar refractivity (Wildman–Crippen MR) is 138 cm³/mol. The van der Waals surface area contributed by atoms with Gasteiger partial charge in [-0.05, 0) is 48.9 Å². The number of carboxylic acids is 1. The van der Waals surface area contributed by atoms with Crippen LogP contribution in [0.3, 0.4) is 0 Å². The van der Waals surface area contributed by atoms with Crippen molar-refractivity contribution in [2.24, 2.45) is 0 Å². The van der Waals surface area contributed by atoms with Gasteiger partial charge in [-0.15, -0.1) is 0 Å². The smallest absolute Gasteiger partial charge is 0.323 e. The van der Waals surface area contributed by atoms with Crippen LogP contribution in [-0.2, 0) is 21.4 Å². The number of sulfonamides is 1. The fourth-order valence-corrected chi connectivity index (χ4v) is 4.86. The Kier molecular flexibility index (Phi) is 8.11. The minimum atomic E-state index is -4.07. The maximum atomic E-state index is 12.7. The van der Waals surface area contributed by atoms with Crippen LogP contribution in [0.1, 0.15) is 16.8 Å². The zero-order chi connectivity index (χ0) is 26.3. The highest BCUT2D eigenvalue weighted by Gasteiger charge is 2.26. The predicted octanol–water partition coefficient (Wildman–Crippen LogP) is 2.09. The van der Waals surface area contributed by atoms with Crippen molar-refractivity contribution >= 4 is 38.6 Å². The van der Waals surface area contributed by atoms with Gasteiger partial charge in [0.15, 0.2) is 0 Å². The van der Waals surface area contributed by atoms with E-state index >= 15 is 0 Å². The molecule has 1 atom stereocenters. The maximum absolute atomic E-state index is 12.7. The van der Waals surface area contributed by atoms with Gasteiger partial charge in [0.2, 0.25) is 10.0 Å². The van der Waals surface area contributed by atoms with Crippen LogP contribution in [0.2, 0.25) is 0 Å². The summed E-state index contributed by atoms with van der Waals surface area (Å²) in [5.74, 6) is -1.13. The molecule has 4 rings (SSSR count). The molecule has 0 saturated heterocycles. The van der Waals surface area contributed by atoms with Crippen molar-refractivity contribution < 1.29 is 23.1 Å². The number of pyridine rings is 1. The molecule has 0 aliphatic heterocycles. The third-order valence-corrected chi connectivity index (χ3v) is 7.03. The fourth-order valence-electron chi connectivity index (χ4n) is 3.65. The molecule has 37 heavy (non-hydrogen) atoms. The largest absolute Gasteiger partial charge is 0.480 e. The Morgan fingerprint density at radius 3 is 2.54 bits per heavy atom. The van der Waals surface area contributed by atoms with E-state index in [-0.39, 0.29) is 4.90 Å². The molecule has 1 amide bonds. The highest BCUT2D eigenvalue weighted by atomic mass is 32.2. The maximum Gasteiger partial charge on any atom is 0.323 e. The molecule has 192 valence electrons. The number of rotatable bonds is 12. The Morgan fingerprint density at radius 2 is 1.81 bits per heavy atom. The average molecular weight is 523 g/mol. The van der Waals surface area contributed by atoms with Gasteiger partial charge in [0.1, 0.15) is 11.9 Å². The molecule has 0 saturated carbocycles. The van der Waals surface area contributed by atoms with Crippen molar-refractivity contribution in [1.29, 1.82) is 0 Å². The van der Waals surface area contributed by atoms with Crippen LogP contribution < -0.4 is 15.4 Å². The van der Waals surface area contributed by atoms with Gasteiger partial charge in [0.05, 0.1) is 16.6 Å². The van der Waals surface area contributed by atoms with Crippen molar-refractivity contribution in [2.45, 2.75) is 23.9 Å². The molecule has 0 unspecified atom stereocenters. The second-order valence-corrected chi connectivity index (χ2v) is 9.89. The summed E-state index contributed by atoms with van der Waals surface area (Å²) < 4.78 is 28.9. The topological polar surface area (TPSA) is 155 Å². The molecular weight excluding hydrogens is 496 g/mol. The number of amides is 1. The van der Waals surface area contributed by atoms with E-state index in [1.54, 1.807) is 36.7 Å². The van der Waals surface area contributed by atoms with E-state index in [1.807, 2.05) is 22.9 Å². The van der Waals surface area contributed by atoms with Gasteiger partial charge in [-0.1, -0.05) is 24.3 Å². The lowest BCUT2D eigenvalue weighted by atomic mass is 10.1. The number of carbonyl (C=O) groups is 2. The summed E-state index contributed by atoms with van der Waals surface area (Å²) >= 11 is 0. The zero-order valence-corrected chi connectivity index (χ0v) is 20.6. The number of hydrogen-bond acceptors (Lipinski definition) is 7. The lowest BCUT2D eigenvalue weighted by Crippen LogP contribution is -2.48. The molecule has 11 nitrogen and oxygen atoms in total. The molecular formula is C25H26N6O5S. The van der Waals surface area contributed by atoms with E-state index in [2.05, 4.69) is 25.4 Å². The lowest BCUT2D eigenvalue weighted by Gasteiger charge is -2.15. The molecule has 0 fully saturated rings. The van der Waals surface area contributed by atoms with Crippen LogP contribution in [0.15, 0.2) is 84.0 Å². The number of aryl methyl sites for hydroxylation is 1. The van der Waals surface area contributed by atoms with E-state index in [0.29, 0.717) is 12.1 Å². The number of aromatic nitrogens is 3. The summed E-state index contributed by atoms with van der Waals surface area (Å²) in [6.45, 7) is 0.954. The van der Waals surface area contributed by atoms with E-state index in [1.165, 1.54) is 24.3 Å². The fraction of sp³-hybridized carbons (Fsp3) is 0.200. The molecule has 2 heterocycles. The Labute approximate surface area is 213 Å². The molecule has 0 bridgehead atoms. The summed E-state index contributed by atoms with van der Waals surface area (Å²) in [4.78, 5) is 28.5. The first-order chi connectivity index (χ1) is 17.8. The zero-order valence-electron chi connectivity index (χ0n) is 19.7. The van der Waals surface area contributed by atoms with E-state index < -0.39 is 34.5 Å². The van der Waals surface area contributed by atoms with E-state index in [0.717, 1.165) is 29.7 Å². The van der Waals surface area contributed by atoms with Gasteiger partial charge in [0.25, 0.3) is 5.91 Å². The molecule has 0 aliphatic rings. The summed E-state index contributed by atoms with van der Waals surface area (Å²) in [5.41, 5.74) is 1.16. The number of benzene rings is 2. The van der Waals surface area contributed by atoms with E-state index in [4.69, 9.17) is 0 Å². The van der Waals surface area contributed by atoms with Crippen molar-refractivity contribution in [3.05, 3.63) is 84.7 Å². The number of carboxylic acid groups (broad SMARTS) is 1. The number of hydrogen-bond donors (Lipinski definition) is 4. The summed E-state index contributed by atoms with van der Waals surface area (Å²) in [5, 5.41) is 20.4. The molecule has 4 N–H and O–H groups in total. The quantitative estimate of drug-likeness (QED) is 0.206. The summed E-state index contributed by atoms with van der Waals surface area (Å²) in [6.07, 6.45) is 4.19. The van der Waals surface area contributed by atoms with Gasteiger partial charge < -0.3 is 15.7 Å². The molecule has 2 aromatic carbocycles. The Morgan fingerprint density at radius 1 is 1.03 bits per heavy atom. The summed E-state index contributed by atoms with van der Waals surface area (Å²) in [6, 6.07) is 16.6. The summed E-state index contributed by atoms with van der Waals surface area (Å²) in [7, 11) is -4.07. The van der Waals surface area contributed by atoms with Crippen molar-refractivity contribution in [3.63, 3.8) is 0 Å². The van der Waals surface area contributed by atoms with Crippen molar-refractivity contribution in [1.82, 2.24) is 24.8 Å². The molecule has 12 heteroatoms. The number of fused-ring (bicyclic) bond motifs is 1. The van der Waals surface area contributed by atoms with Crippen LogP contribution in [0.25, 0.3) is 10.9 Å². The van der Waals surface area contributed by atoms with Gasteiger partial charge in [-0.3, -0.25) is 14.3 Å². The minimum absolute atomic E-state index is 0.0671. The van der Waals surface area contributed by atoms with Gasteiger partial charge >= 0.3 is 5.97 Å². The van der Waals surface area contributed by atoms with Gasteiger partial charge in [0, 0.05) is 36.8 Å². The molecule has 4 aromatic rings. The van der Waals surface area contributed by atoms with Gasteiger partial charge in [-0.25, -0.2) is 13.4 Å². The Bertz CT molecular complexity index is 1480. The first kappa shape index (κ1) is 25.8. The van der Waals surface area contributed by atoms with Crippen LogP contribution >= 0.6 is 0 Å². The van der Waals surface area contributed by atoms with Crippen LogP contribution in [-0.4, -0.2) is 59.3 Å². The normalized spacial score (nSPS) is 12.2. The third-order valence-electron chi connectivity index (χ3n) is 5.54. The standard InChI is InChI=1S/C25H26N6O5S/c32-24(28-17-21(25(33)34)30-37(35,36)20-7-2-1-3-8-20)18-10-11-22-19(15-18)16-29-31(22)14-6-13-27-23-9-4-5-12-26-23/h1-5,7-12,15-16,21,30H,6,13-14,17H2,(H,26,27)(H,28,32)(H,33,34)/t21-/m0/s1. The van der Waals surface area contributed by atoms with E-state index in [9.17, 15) is 23.1 Å². The molecule has 0 aliphatic carbocycles. The minimum Gasteiger partial charge on any atom is -0.480 e. The Balaban J connectivity index is 1.34. The Hall–Kier alpha value is -4.29. The first-order valence-corrected chi connectivity index (χ1v) is 13.0. The lowest BCUT2D eigenvalue weighted by molar-refractivity contribution is -0.138. The molecule has 0 spiro atoms. The van der Waals surface area contributed by atoms with Crippen LogP contribution in [0.4, 0.5) is 5.82 Å². The van der Waals surface area contributed by atoms with Gasteiger partial charge in [-0.2, -0.15) is 9.82 Å². The number of carbonyl (C=O) groups excluding carboxylic acids is 1. The highest BCUT2D eigenvalue weighted by molar-refractivity contribution is 7.89. The van der Waals surface area contributed by atoms with Crippen LogP contribution in [0, 0.1) is 0 Å². The number of nitrogens with one attached hydrogen (secondary N) is 3. The number of anilines is 1. The third kappa shape index (κ3) is 6.68. The monoisotopic (exact) mass is 522 g/mol. The first-order valence-electron chi connectivity index (χ1n) is 11.5. The number of nitrogens with zero attached hydrogens (tertiary/aromatic N) is 3. The van der Waals surface area contributed by atoms with Crippen molar-refractivity contribution in [3.8, 4) is 0 Å². The second kappa shape index (κ2) is 11.6.